The third kappa shape index (κ3) is 3.29. The van der Waals surface area contributed by atoms with Gasteiger partial charge in [0.05, 0.1) is 6.54 Å². The first-order valence-electron chi connectivity index (χ1n) is 8.33. The summed E-state index contributed by atoms with van der Waals surface area (Å²) in [6.07, 6.45) is -1.79. The Labute approximate surface area is 151 Å². The molecule has 7 nitrogen and oxygen atoms in total. The Morgan fingerprint density at radius 1 is 1.26 bits per heavy atom. The molecule has 1 amide bonds. The van der Waals surface area contributed by atoms with Gasteiger partial charge in [-0.15, -0.1) is 0 Å². The number of amides is 1. The normalized spacial score (nSPS) is 14.3. The van der Waals surface area contributed by atoms with E-state index in [0.717, 1.165) is 41.0 Å². The topological polar surface area (TPSA) is 75.4 Å². The van der Waals surface area contributed by atoms with E-state index in [1.165, 1.54) is 0 Å². The van der Waals surface area contributed by atoms with Gasteiger partial charge in [0.2, 0.25) is 5.91 Å². The molecule has 27 heavy (non-hydrogen) atoms. The predicted molar refractivity (Wildman–Crippen MR) is 91.4 cm³/mol. The van der Waals surface area contributed by atoms with Crippen LogP contribution >= 0.6 is 0 Å². The molecule has 0 atom stereocenters. The summed E-state index contributed by atoms with van der Waals surface area (Å²) in [5.74, 6) is -0.424. The van der Waals surface area contributed by atoms with Crippen LogP contribution in [0.2, 0.25) is 0 Å². The third-order valence-corrected chi connectivity index (χ3v) is 4.37. The van der Waals surface area contributed by atoms with Crippen molar-refractivity contribution in [3.63, 3.8) is 0 Å². The van der Waals surface area contributed by atoms with E-state index in [-0.39, 0.29) is 24.0 Å². The molecule has 0 saturated carbocycles. The van der Waals surface area contributed by atoms with Crippen LogP contribution in [-0.2, 0) is 17.4 Å². The van der Waals surface area contributed by atoms with Crippen LogP contribution in [0.1, 0.15) is 17.7 Å². The van der Waals surface area contributed by atoms with Gasteiger partial charge in [-0.25, -0.2) is 4.98 Å². The number of nitrogens with zero attached hydrogens (tertiary/aromatic N) is 5. The fourth-order valence-corrected chi connectivity index (χ4v) is 3.14. The minimum absolute atomic E-state index is 0.00321. The van der Waals surface area contributed by atoms with Gasteiger partial charge >= 0.3 is 6.18 Å². The number of fused-ring (bicyclic) bond motifs is 2. The van der Waals surface area contributed by atoms with E-state index in [4.69, 9.17) is 0 Å². The first-order valence-corrected chi connectivity index (χ1v) is 8.33. The van der Waals surface area contributed by atoms with Crippen LogP contribution in [0.3, 0.4) is 0 Å². The fourth-order valence-electron chi connectivity index (χ4n) is 3.14. The average Bonchev–Trinajstić information content (AvgIpc) is 3.13. The van der Waals surface area contributed by atoms with Gasteiger partial charge in [0.15, 0.2) is 5.69 Å². The molecule has 1 aromatic carbocycles. The largest absolute Gasteiger partial charge is 0.433 e. The van der Waals surface area contributed by atoms with Crippen molar-refractivity contribution in [1.29, 1.82) is 0 Å². The summed E-state index contributed by atoms with van der Waals surface area (Å²) in [6, 6.07) is 8.44. The number of alkyl halides is 3. The highest BCUT2D eigenvalue weighted by molar-refractivity contribution is 5.97. The zero-order valence-corrected chi connectivity index (χ0v) is 14.1. The number of halogens is 3. The van der Waals surface area contributed by atoms with Gasteiger partial charge in [0, 0.05) is 18.3 Å². The maximum atomic E-state index is 13.0. The predicted octanol–water partition coefficient (Wildman–Crippen LogP) is 2.53. The van der Waals surface area contributed by atoms with Crippen molar-refractivity contribution < 1.29 is 18.0 Å². The highest BCUT2D eigenvalue weighted by Gasteiger charge is 2.34. The summed E-state index contributed by atoms with van der Waals surface area (Å²) in [5, 5.41) is 6.60. The smallest absolute Gasteiger partial charge is 0.361 e. The summed E-state index contributed by atoms with van der Waals surface area (Å²) in [6.45, 7) is 0.394. The van der Waals surface area contributed by atoms with Gasteiger partial charge in [-0.05, 0) is 24.5 Å². The zero-order chi connectivity index (χ0) is 19.0. The summed E-state index contributed by atoms with van der Waals surface area (Å²) >= 11 is 0. The van der Waals surface area contributed by atoms with E-state index in [0.29, 0.717) is 6.54 Å². The zero-order valence-electron chi connectivity index (χ0n) is 14.1. The minimum atomic E-state index is -4.63. The first-order chi connectivity index (χ1) is 12.9. The number of nitrogens with one attached hydrogen (secondary N) is 1. The van der Waals surface area contributed by atoms with Crippen molar-refractivity contribution in [3.05, 3.63) is 47.9 Å². The Kier molecular flexibility index (Phi) is 4.17. The molecule has 2 aromatic heterocycles. The highest BCUT2D eigenvalue weighted by atomic mass is 19.4. The van der Waals surface area contributed by atoms with Gasteiger partial charge in [0.1, 0.15) is 12.1 Å². The van der Waals surface area contributed by atoms with Crippen LogP contribution < -0.4 is 10.2 Å². The minimum Gasteiger partial charge on any atom is -0.361 e. The molecule has 0 bridgehead atoms. The number of rotatable bonds is 3. The van der Waals surface area contributed by atoms with Crippen molar-refractivity contribution in [2.24, 2.45) is 0 Å². The fraction of sp³-hybridized carbons (Fsp3) is 0.294. The molecule has 0 aliphatic carbocycles. The molecular formula is C17H15F3N6O. The van der Waals surface area contributed by atoms with Gasteiger partial charge in [-0.2, -0.15) is 27.8 Å². The van der Waals surface area contributed by atoms with Crippen molar-refractivity contribution in [3.8, 4) is 0 Å². The molecular weight excluding hydrogens is 361 g/mol. The number of hydrogen-bond acceptors (Lipinski definition) is 5. The first kappa shape index (κ1) is 17.3. The third-order valence-electron chi connectivity index (χ3n) is 4.37. The van der Waals surface area contributed by atoms with E-state index in [2.05, 4.69) is 20.4 Å². The second-order valence-corrected chi connectivity index (χ2v) is 6.13. The molecule has 0 spiro atoms. The summed E-state index contributed by atoms with van der Waals surface area (Å²) in [7, 11) is 0. The Morgan fingerprint density at radius 2 is 2.07 bits per heavy atom. The van der Waals surface area contributed by atoms with Gasteiger partial charge < -0.3 is 10.2 Å². The number of para-hydroxylation sites is 1. The van der Waals surface area contributed by atoms with E-state index in [9.17, 15) is 18.0 Å². The Morgan fingerprint density at radius 3 is 2.89 bits per heavy atom. The standard InChI is InChI=1S/C17H15F3N6O/c18-17(19,20)13-8-14(26-16(24-13)22-10-23-26)21-9-15(27)25-7-3-5-11-4-1-2-6-12(11)25/h1-2,4,6,8,10,21H,3,5,7,9H2. The number of aromatic nitrogens is 4. The number of aryl methyl sites for hydroxylation is 1. The molecule has 0 unspecified atom stereocenters. The van der Waals surface area contributed by atoms with Crippen LogP contribution in [0.5, 0.6) is 0 Å². The quantitative estimate of drug-likeness (QED) is 0.760. The van der Waals surface area contributed by atoms with Crippen LogP contribution in [0, 0.1) is 0 Å². The molecule has 4 rings (SSSR count). The Balaban J connectivity index is 1.57. The van der Waals surface area contributed by atoms with Crippen molar-refractivity contribution in [1.82, 2.24) is 19.6 Å². The van der Waals surface area contributed by atoms with Crippen molar-refractivity contribution >= 4 is 23.2 Å². The molecule has 3 aromatic rings. The lowest BCUT2D eigenvalue weighted by molar-refractivity contribution is -0.141. The Bertz CT molecular complexity index is 1000. The van der Waals surface area contributed by atoms with Gasteiger partial charge in [-0.1, -0.05) is 18.2 Å². The maximum absolute atomic E-state index is 13.0. The number of carbonyl (C=O) groups excluding carboxylic acids is 1. The summed E-state index contributed by atoms with van der Waals surface area (Å²) in [4.78, 5) is 21.5. The number of hydrogen-bond donors (Lipinski definition) is 1. The molecule has 1 aliphatic heterocycles. The number of carbonyl (C=O) groups is 1. The lowest BCUT2D eigenvalue weighted by Gasteiger charge is -2.29. The molecule has 0 fully saturated rings. The van der Waals surface area contributed by atoms with Gasteiger partial charge in [0.25, 0.3) is 5.78 Å². The van der Waals surface area contributed by atoms with E-state index < -0.39 is 11.9 Å². The van der Waals surface area contributed by atoms with Crippen LogP contribution in [-0.4, -0.2) is 38.6 Å². The number of anilines is 2. The molecule has 10 heteroatoms. The maximum Gasteiger partial charge on any atom is 0.433 e. The van der Waals surface area contributed by atoms with E-state index >= 15 is 0 Å². The molecule has 3 heterocycles. The van der Waals surface area contributed by atoms with E-state index in [1.807, 2.05) is 24.3 Å². The van der Waals surface area contributed by atoms with Crippen LogP contribution in [0.25, 0.3) is 5.78 Å². The molecule has 1 aliphatic rings. The molecule has 140 valence electrons. The lowest BCUT2D eigenvalue weighted by Crippen LogP contribution is -2.39. The molecule has 0 saturated heterocycles. The summed E-state index contributed by atoms with van der Waals surface area (Å²) in [5.41, 5.74) is 0.826. The monoisotopic (exact) mass is 376 g/mol. The van der Waals surface area contributed by atoms with Crippen LogP contribution in [0.15, 0.2) is 36.7 Å². The average molecular weight is 376 g/mol. The van der Waals surface area contributed by atoms with Gasteiger partial charge in [-0.3, -0.25) is 4.79 Å². The SMILES string of the molecule is O=C(CNc1cc(C(F)(F)F)nc2ncnn12)N1CCCc2ccccc21. The second kappa shape index (κ2) is 6.53. The van der Waals surface area contributed by atoms with E-state index in [1.54, 1.807) is 4.90 Å². The molecule has 1 N–H and O–H groups in total. The second-order valence-electron chi connectivity index (χ2n) is 6.13. The molecule has 0 radical (unpaired) electrons. The number of benzene rings is 1. The lowest BCUT2D eigenvalue weighted by atomic mass is 10.0. The summed E-state index contributed by atoms with van der Waals surface area (Å²) < 4.78 is 40.2. The van der Waals surface area contributed by atoms with Crippen LogP contribution in [0.4, 0.5) is 24.7 Å². The highest BCUT2D eigenvalue weighted by Crippen LogP contribution is 2.30. The van der Waals surface area contributed by atoms with Crippen molar-refractivity contribution in [2.45, 2.75) is 19.0 Å². The Hall–Kier alpha value is -3.17. The van der Waals surface area contributed by atoms with Crippen molar-refractivity contribution in [2.75, 3.05) is 23.3 Å².